The van der Waals surface area contributed by atoms with Gasteiger partial charge >= 0.3 is 0 Å². The van der Waals surface area contributed by atoms with E-state index < -0.39 is 0 Å². The zero-order valence-corrected chi connectivity index (χ0v) is 7.87. The maximum atomic E-state index is 12.6. The van der Waals surface area contributed by atoms with Gasteiger partial charge in [0, 0.05) is 11.6 Å². The molecular weight excluding hydrogens is 177 g/mol. The summed E-state index contributed by atoms with van der Waals surface area (Å²) in [7, 11) is 0. The Morgan fingerprint density at radius 1 is 1.36 bits per heavy atom. The Morgan fingerprint density at radius 2 is 2.21 bits per heavy atom. The molecule has 0 saturated heterocycles. The Balaban J connectivity index is 2.57. The van der Waals surface area contributed by atoms with Crippen LogP contribution < -0.4 is 0 Å². The molecule has 0 spiro atoms. The Kier molecular flexibility index (Phi) is 2.27. The number of hydrogen-bond donors (Lipinski definition) is 0. The van der Waals surface area contributed by atoms with Crippen LogP contribution in [0.25, 0.3) is 17.0 Å². The average molecular weight is 187 g/mol. The summed E-state index contributed by atoms with van der Waals surface area (Å²) in [5.41, 5.74) is 1.73. The predicted octanol–water partition coefficient (Wildman–Crippen LogP) is 3.57. The fourth-order valence-corrected chi connectivity index (χ4v) is 1.40. The third kappa shape index (κ3) is 1.79. The van der Waals surface area contributed by atoms with Crippen molar-refractivity contribution in [3.8, 4) is 0 Å². The number of nitrogens with zero attached hydrogens (tertiary/aromatic N) is 1. The Labute approximate surface area is 81.9 Å². The minimum atomic E-state index is -0.194. The lowest BCUT2D eigenvalue weighted by Gasteiger charge is -1.97. The third-order valence-electron chi connectivity index (χ3n) is 2.00. The molecule has 0 fully saturated rings. The van der Waals surface area contributed by atoms with Gasteiger partial charge in [-0.2, -0.15) is 0 Å². The van der Waals surface area contributed by atoms with Crippen molar-refractivity contribution >= 4 is 17.0 Å². The summed E-state index contributed by atoms with van der Waals surface area (Å²) >= 11 is 0. The first kappa shape index (κ1) is 8.88. The van der Waals surface area contributed by atoms with E-state index in [4.69, 9.17) is 0 Å². The van der Waals surface area contributed by atoms with Crippen LogP contribution in [0.4, 0.5) is 4.39 Å². The summed E-state index contributed by atoms with van der Waals surface area (Å²) in [6.07, 6.45) is 3.23. The van der Waals surface area contributed by atoms with Crippen molar-refractivity contribution < 1.29 is 4.39 Å². The Bertz CT molecular complexity index is 484. The van der Waals surface area contributed by atoms with Gasteiger partial charge < -0.3 is 0 Å². The van der Waals surface area contributed by atoms with Crippen molar-refractivity contribution in [1.82, 2.24) is 4.98 Å². The van der Waals surface area contributed by atoms with Crippen LogP contribution in [0, 0.1) is 0 Å². The highest BCUT2D eigenvalue weighted by atomic mass is 19.1. The monoisotopic (exact) mass is 187 g/mol. The second kappa shape index (κ2) is 3.58. The summed E-state index contributed by atoms with van der Waals surface area (Å²) in [5.74, 6) is -0.194. The number of allylic oxidation sites excluding steroid dienone is 1. The van der Waals surface area contributed by atoms with Gasteiger partial charge in [-0.05, 0) is 30.7 Å². The van der Waals surface area contributed by atoms with Gasteiger partial charge in [0.15, 0.2) is 0 Å². The highest BCUT2D eigenvalue weighted by Gasteiger charge is 1.94. The molecule has 0 amide bonds. The predicted molar refractivity (Wildman–Crippen MR) is 56.5 cm³/mol. The Hall–Kier alpha value is -1.70. The summed E-state index contributed by atoms with van der Waals surface area (Å²) in [5, 5.41) is 1.07. The quantitative estimate of drug-likeness (QED) is 0.665. The fraction of sp³-hybridized carbons (Fsp3) is 0.0833. The molecule has 70 valence electrons. The van der Waals surface area contributed by atoms with Gasteiger partial charge in [-0.15, -0.1) is 0 Å². The van der Waals surface area contributed by atoms with Crippen LogP contribution in [0.1, 0.15) is 12.5 Å². The molecule has 0 atom stereocenters. The largest absolute Gasteiger partial charge is 0.256 e. The molecule has 1 aromatic heterocycles. The van der Waals surface area contributed by atoms with Gasteiger partial charge in [0.1, 0.15) is 0 Å². The summed E-state index contributed by atoms with van der Waals surface area (Å²) in [6, 6.07) is 9.57. The fourth-order valence-electron chi connectivity index (χ4n) is 1.40. The zero-order chi connectivity index (χ0) is 9.97. The van der Waals surface area contributed by atoms with Crippen molar-refractivity contribution in [2.45, 2.75) is 6.92 Å². The lowest BCUT2D eigenvalue weighted by molar-refractivity contribution is 0.648. The molecule has 1 aromatic carbocycles. The van der Waals surface area contributed by atoms with Gasteiger partial charge in [-0.25, -0.2) is 4.39 Å². The van der Waals surface area contributed by atoms with Crippen LogP contribution in [0.2, 0.25) is 0 Å². The molecule has 1 heterocycles. The van der Waals surface area contributed by atoms with E-state index in [-0.39, 0.29) is 5.83 Å². The van der Waals surface area contributed by atoms with E-state index in [9.17, 15) is 4.39 Å². The summed E-state index contributed by atoms with van der Waals surface area (Å²) in [4.78, 5) is 4.20. The standard InChI is InChI=1S/C12H10FN/c1-9(13)7-10-4-5-11-3-2-6-14-12(11)8-10/h2-8H,1H3. The van der Waals surface area contributed by atoms with E-state index in [1.54, 1.807) is 6.20 Å². The molecule has 0 aliphatic carbocycles. The molecule has 2 heteroatoms. The van der Waals surface area contributed by atoms with E-state index in [1.165, 1.54) is 13.0 Å². The number of hydrogen-bond acceptors (Lipinski definition) is 1. The van der Waals surface area contributed by atoms with Gasteiger partial charge in [0.05, 0.1) is 11.3 Å². The van der Waals surface area contributed by atoms with Crippen LogP contribution in [-0.2, 0) is 0 Å². The Morgan fingerprint density at radius 3 is 3.00 bits per heavy atom. The molecule has 0 aliphatic heterocycles. The van der Waals surface area contributed by atoms with Crippen molar-refractivity contribution in [3.63, 3.8) is 0 Å². The molecule has 0 radical (unpaired) electrons. The maximum absolute atomic E-state index is 12.6. The van der Waals surface area contributed by atoms with Crippen LogP contribution in [0.15, 0.2) is 42.4 Å². The minimum Gasteiger partial charge on any atom is -0.256 e. The lowest BCUT2D eigenvalue weighted by Crippen LogP contribution is -1.79. The van der Waals surface area contributed by atoms with Crippen LogP contribution in [-0.4, -0.2) is 4.98 Å². The van der Waals surface area contributed by atoms with Gasteiger partial charge in [-0.1, -0.05) is 18.2 Å². The van der Waals surface area contributed by atoms with E-state index in [0.717, 1.165) is 16.5 Å². The molecule has 0 unspecified atom stereocenters. The molecule has 1 nitrogen and oxygen atoms in total. The van der Waals surface area contributed by atoms with Crippen molar-refractivity contribution in [1.29, 1.82) is 0 Å². The number of fused-ring (bicyclic) bond motifs is 1. The first-order chi connectivity index (χ1) is 6.75. The molecule has 0 saturated carbocycles. The number of pyridine rings is 1. The second-order valence-electron chi connectivity index (χ2n) is 3.19. The zero-order valence-electron chi connectivity index (χ0n) is 7.87. The van der Waals surface area contributed by atoms with Crippen LogP contribution >= 0.6 is 0 Å². The van der Waals surface area contributed by atoms with Gasteiger partial charge in [-0.3, -0.25) is 4.98 Å². The molecule has 14 heavy (non-hydrogen) atoms. The maximum Gasteiger partial charge on any atom is 0.0974 e. The normalized spacial score (nSPS) is 12.0. The van der Waals surface area contributed by atoms with E-state index in [1.807, 2.05) is 30.3 Å². The highest BCUT2D eigenvalue weighted by Crippen LogP contribution is 2.15. The number of rotatable bonds is 1. The smallest absolute Gasteiger partial charge is 0.0974 e. The topological polar surface area (TPSA) is 12.9 Å². The third-order valence-corrected chi connectivity index (χ3v) is 2.00. The molecule has 0 N–H and O–H groups in total. The second-order valence-corrected chi connectivity index (χ2v) is 3.19. The van der Waals surface area contributed by atoms with E-state index in [0.29, 0.717) is 0 Å². The minimum absolute atomic E-state index is 0.194. The molecule has 2 aromatic rings. The van der Waals surface area contributed by atoms with Gasteiger partial charge in [0.2, 0.25) is 0 Å². The van der Waals surface area contributed by atoms with Crippen molar-refractivity contribution in [3.05, 3.63) is 47.9 Å². The lowest BCUT2D eigenvalue weighted by atomic mass is 10.1. The molecule has 0 aliphatic rings. The summed E-state index contributed by atoms with van der Waals surface area (Å²) in [6.45, 7) is 1.43. The molecule has 0 bridgehead atoms. The summed E-state index contributed by atoms with van der Waals surface area (Å²) < 4.78 is 12.6. The van der Waals surface area contributed by atoms with Crippen LogP contribution in [0.5, 0.6) is 0 Å². The molecule has 2 rings (SSSR count). The van der Waals surface area contributed by atoms with E-state index in [2.05, 4.69) is 4.98 Å². The molecular formula is C12H10FN. The first-order valence-corrected chi connectivity index (χ1v) is 4.44. The first-order valence-electron chi connectivity index (χ1n) is 4.44. The average Bonchev–Trinajstić information content (AvgIpc) is 2.17. The number of halogens is 1. The van der Waals surface area contributed by atoms with Gasteiger partial charge in [0.25, 0.3) is 0 Å². The van der Waals surface area contributed by atoms with Crippen molar-refractivity contribution in [2.75, 3.05) is 0 Å². The van der Waals surface area contributed by atoms with E-state index >= 15 is 0 Å². The van der Waals surface area contributed by atoms with Crippen LogP contribution in [0.3, 0.4) is 0 Å². The van der Waals surface area contributed by atoms with Crippen molar-refractivity contribution in [2.24, 2.45) is 0 Å². The number of benzene rings is 1. The SMILES string of the molecule is CC(F)=Cc1ccc2cccnc2c1. The number of aromatic nitrogens is 1. The highest BCUT2D eigenvalue weighted by molar-refractivity contribution is 5.80.